The van der Waals surface area contributed by atoms with Crippen LogP contribution in [-0.4, -0.2) is 24.7 Å². The topological polar surface area (TPSA) is 93.5 Å². The molecule has 0 spiro atoms. The zero-order valence-electron chi connectivity index (χ0n) is 10.3. The molecule has 20 heavy (non-hydrogen) atoms. The zero-order chi connectivity index (χ0) is 14.3. The smallest absolute Gasteiger partial charge is 0.288 e. The van der Waals surface area contributed by atoms with Gasteiger partial charge in [-0.2, -0.15) is 0 Å². The van der Waals surface area contributed by atoms with Crippen LogP contribution in [0.4, 0.5) is 0 Å². The first-order valence-corrected chi connectivity index (χ1v) is 6.04. The summed E-state index contributed by atoms with van der Waals surface area (Å²) in [6.07, 6.45) is 0. The van der Waals surface area contributed by atoms with Crippen molar-refractivity contribution in [3.05, 3.63) is 50.1 Å². The molecular formula is C12H8ClN5O2. The molecule has 0 unspecified atom stereocenters. The fourth-order valence-electron chi connectivity index (χ4n) is 1.75. The van der Waals surface area contributed by atoms with Crippen LogP contribution in [0.5, 0.6) is 0 Å². The van der Waals surface area contributed by atoms with Gasteiger partial charge in [0, 0.05) is 12.6 Å². The second-order valence-electron chi connectivity index (χ2n) is 4.11. The highest BCUT2D eigenvalue weighted by molar-refractivity contribution is 6.33. The van der Waals surface area contributed by atoms with Crippen molar-refractivity contribution in [2.24, 2.45) is 7.05 Å². The minimum atomic E-state index is -0.566. The van der Waals surface area contributed by atoms with Crippen LogP contribution in [0.25, 0.3) is 22.6 Å². The maximum atomic E-state index is 12.0. The summed E-state index contributed by atoms with van der Waals surface area (Å²) in [7, 11) is 1.36. The molecule has 2 heterocycles. The first kappa shape index (κ1) is 12.5. The fourth-order valence-corrected chi connectivity index (χ4v) is 1.97. The molecule has 2 aromatic heterocycles. The molecule has 1 aromatic carbocycles. The van der Waals surface area contributed by atoms with E-state index in [0.29, 0.717) is 10.6 Å². The molecule has 0 radical (unpaired) electrons. The van der Waals surface area contributed by atoms with E-state index in [-0.39, 0.29) is 17.0 Å². The predicted molar refractivity (Wildman–Crippen MR) is 73.6 cm³/mol. The summed E-state index contributed by atoms with van der Waals surface area (Å²) in [5.74, 6) is 0.229. The highest BCUT2D eigenvalue weighted by atomic mass is 35.5. The number of hydrogen-bond acceptors (Lipinski definition) is 5. The third-order valence-corrected chi connectivity index (χ3v) is 3.17. The molecule has 8 heteroatoms. The SMILES string of the molecule is Cn1c(=O)[nH]c2nnc(-c3ccccc3Cl)nc2c1=O. The van der Waals surface area contributed by atoms with Crippen molar-refractivity contribution in [2.75, 3.05) is 0 Å². The van der Waals surface area contributed by atoms with Gasteiger partial charge in [-0.1, -0.05) is 23.7 Å². The molecule has 0 atom stereocenters. The van der Waals surface area contributed by atoms with Gasteiger partial charge in [-0.25, -0.2) is 9.78 Å². The summed E-state index contributed by atoms with van der Waals surface area (Å²) < 4.78 is 0.924. The Labute approximate surface area is 116 Å². The Balaban J connectivity index is 2.34. The third-order valence-electron chi connectivity index (χ3n) is 2.84. The highest BCUT2D eigenvalue weighted by Gasteiger charge is 2.12. The summed E-state index contributed by atoms with van der Waals surface area (Å²) in [5.41, 5.74) is -0.446. The van der Waals surface area contributed by atoms with Crippen molar-refractivity contribution in [1.29, 1.82) is 0 Å². The largest absolute Gasteiger partial charge is 0.329 e. The van der Waals surface area contributed by atoms with Crippen LogP contribution in [0.3, 0.4) is 0 Å². The second kappa shape index (κ2) is 4.53. The molecule has 100 valence electrons. The average molecular weight is 290 g/mol. The Kier molecular flexibility index (Phi) is 2.83. The normalized spacial score (nSPS) is 10.9. The highest BCUT2D eigenvalue weighted by Crippen LogP contribution is 2.24. The number of fused-ring (bicyclic) bond motifs is 1. The monoisotopic (exact) mass is 289 g/mol. The Morgan fingerprint density at radius 3 is 2.70 bits per heavy atom. The lowest BCUT2D eigenvalue weighted by molar-refractivity contribution is 0.781. The maximum Gasteiger partial charge on any atom is 0.329 e. The molecule has 3 rings (SSSR count). The Bertz CT molecular complexity index is 931. The van der Waals surface area contributed by atoms with E-state index in [9.17, 15) is 9.59 Å². The Morgan fingerprint density at radius 1 is 1.20 bits per heavy atom. The van der Waals surface area contributed by atoms with Gasteiger partial charge in [0.1, 0.15) is 0 Å². The van der Waals surface area contributed by atoms with Crippen molar-refractivity contribution in [3.63, 3.8) is 0 Å². The number of nitrogens with zero attached hydrogens (tertiary/aromatic N) is 4. The average Bonchev–Trinajstić information content (AvgIpc) is 2.45. The van der Waals surface area contributed by atoms with Crippen LogP contribution in [0.15, 0.2) is 33.9 Å². The first-order valence-electron chi connectivity index (χ1n) is 5.66. The van der Waals surface area contributed by atoms with Crippen LogP contribution in [-0.2, 0) is 7.05 Å². The number of nitrogens with one attached hydrogen (secondary N) is 1. The van der Waals surface area contributed by atoms with E-state index in [1.54, 1.807) is 24.3 Å². The van der Waals surface area contributed by atoms with E-state index in [2.05, 4.69) is 20.2 Å². The van der Waals surface area contributed by atoms with E-state index >= 15 is 0 Å². The lowest BCUT2D eigenvalue weighted by atomic mass is 10.2. The molecule has 0 saturated carbocycles. The van der Waals surface area contributed by atoms with Gasteiger partial charge in [0.05, 0.1) is 5.02 Å². The molecule has 3 aromatic rings. The van der Waals surface area contributed by atoms with E-state index in [0.717, 1.165) is 4.57 Å². The maximum absolute atomic E-state index is 12.0. The van der Waals surface area contributed by atoms with Crippen LogP contribution in [0.2, 0.25) is 5.02 Å². The zero-order valence-corrected chi connectivity index (χ0v) is 11.0. The molecular weight excluding hydrogens is 282 g/mol. The lowest BCUT2D eigenvalue weighted by Crippen LogP contribution is -2.33. The molecule has 0 saturated heterocycles. The summed E-state index contributed by atoms with van der Waals surface area (Å²) in [6, 6.07) is 6.97. The van der Waals surface area contributed by atoms with E-state index in [1.165, 1.54) is 7.05 Å². The van der Waals surface area contributed by atoms with Gasteiger partial charge in [-0.05, 0) is 12.1 Å². The number of hydrogen-bond donors (Lipinski definition) is 1. The van der Waals surface area contributed by atoms with Gasteiger partial charge in [0.25, 0.3) is 5.56 Å². The summed E-state index contributed by atoms with van der Waals surface area (Å²) >= 11 is 6.06. The Hall–Kier alpha value is -2.54. The standard InChI is InChI=1S/C12H8ClN5O2/c1-18-11(19)8-10(15-12(18)20)17-16-9(14-8)6-4-2-3-5-7(6)13/h2-5H,1H3,(H,15,17,20). The molecule has 7 nitrogen and oxygen atoms in total. The van der Waals surface area contributed by atoms with Gasteiger partial charge in [0.15, 0.2) is 17.0 Å². The van der Waals surface area contributed by atoms with Crippen molar-refractivity contribution < 1.29 is 0 Å². The Morgan fingerprint density at radius 2 is 1.95 bits per heavy atom. The summed E-state index contributed by atoms with van der Waals surface area (Å²) in [6.45, 7) is 0. The van der Waals surface area contributed by atoms with Crippen molar-refractivity contribution >= 4 is 22.8 Å². The number of aromatic amines is 1. The minimum absolute atomic E-state index is 0.0389. The van der Waals surface area contributed by atoms with Crippen LogP contribution in [0, 0.1) is 0 Å². The number of halogens is 1. The second-order valence-corrected chi connectivity index (χ2v) is 4.51. The van der Waals surface area contributed by atoms with Gasteiger partial charge < -0.3 is 0 Å². The molecule has 0 aliphatic heterocycles. The van der Waals surface area contributed by atoms with Crippen molar-refractivity contribution in [3.8, 4) is 11.4 Å². The fraction of sp³-hybridized carbons (Fsp3) is 0.0833. The van der Waals surface area contributed by atoms with E-state index in [4.69, 9.17) is 11.6 Å². The van der Waals surface area contributed by atoms with E-state index < -0.39 is 11.2 Å². The molecule has 0 aliphatic carbocycles. The quantitative estimate of drug-likeness (QED) is 0.713. The van der Waals surface area contributed by atoms with Gasteiger partial charge >= 0.3 is 5.69 Å². The molecule has 0 amide bonds. The van der Waals surface area contributed by atoms with Gasteiger partial charge in [0.2, 0.25) is 0 Å². The molecule has 0 aliphatic rings. The predicted octanol–water partition coefficient (Wildman–Crippen LogP) is 0.732. The van der Waals surface area contributed by atoms with Gasteiger partial charge in [-0.15, -0.1) is 10.2 Å². The first-order chi connectivity index (χ1) is 9.58. The van der Waals surface area contributed by atoms with Crippen LogP contribution < -0.4 is 11.2 Å². The number of rotatable bonds is 1. The van der Waals surface area contributed by atoms with Gasteiger partial charge in [-0.3, -0.25) is 14.3 Å². The van der Waals surface area contributed by atoms with Crippen LogP contribution in [0.1, 0.15) is 0 Å². The number of H-pyrrole nitrogens is 1. The van der Waals surface area contributed by atoms with E-state index in [1.807, 2.05) is 0 Å². The summed E-state index contributed by atoms with van der Waals surface area (Å²) in [5, 5.41) is 8.16. The van der Waals surface area contributed by atoms with Crippen LogP contribution >= 0.6 is 11.6 Å². The third kappa shape index (κ3) is 1.88. The molecule has 1 N–H and O–H groups in total. The number of benzene rings is 1. The summed E-state index contributed by atoms with van der Waals surface area (Å²) in [4.78, 5) is 30.0. The van der Waals surface area contributed by atoms with Crippen molar-refractivity contribution in [1.82, 2.24) is 24.7 Å². The molecule has 0 bridgehead atoms. The van der Waals surface area contributed by atoms with Crippen molar-refractivity contribution in [2.45, 2.75) is 0 Å². The molecule has 0 fully saturated rings. The minimum Gasteiger partial charge on any atom is -0.288 e. The number of aromatic nitrogens is 5. The lowest BCUT2D eigenvalue weighted by Gasteiger charge is -2.03.